The van der Waals surface area contributed by atoms with Gasteiger partial charge in [0, 0.05) is 17.2 Å². The number of ether oxygens (including phenoxy) is 2. The zero-order chi connectivity index (χ0) is 15.1. The van der Waals surface area contributed by atoms with Crippen molar-refractivity contribution in [2.45, 2.75) is 20.3 Å². The lowest BCUT2D eigenvalue weighted by molar-refractivity contribution is -0.137. The molecule has 0 heterocycles. The molecule has 0 aliphatic heterocycles. The summed E-state index contributed by atoms with van der Waals surface area (Å²) in [6, 6.07) is 3.06. The molecule has 5 nitrogen and oxygen atoms in total. The number of rotatable bonds is 6. The number of phenolic OH excluding ortho intramolecular Hbond substituents is 1. The molecule has 1 aromatic rings. The molecule has 0 amide bonds. The largest absolute Gasteiger partial charge is 0.504 e. The summed E-state index contributed by atoms with van der Waals surface area (Å²) in [6.45, 7) is 3.46. The summed E-state index contributed by atoms with van der Waals surface area (Å²) in [5.74, 6) is -0.371. The maximum Gasteiger partial charge on any atom is 0.330 e. The van der Waals surface area contributed by atoms with Crippen molar-refractivity contribution < 1.29 is 24.2 Å². The first-order chi connectivity index (χ1) is 9.49. The molecule has 0 fully saturated rings. The lowest BCUT2D eigenvalue weighted by Gasteiger charge is -2.09. The lowest BCUT2D eigenvalue weighted by atomic mass is 10.0. The van der Waals surface area contributed by atoms with E-state index in [0.717, 1.165) is 0 Å². The summed E-state index contributed by atoms with van der Waals surface area (Å²) in [7, 11) is 1.41. The molecule has 0 bridgehead atoms. The third-order valence-electron chi connectivity index (χ3n) is 2.66. The van der Waals surface area contributed by atoms with Crippen molar-refractivity contribution in [3.05, 3.63) is 35.4 Å². The van der Waals surface area contributed by atoms with Gasteiger partial charge < -0.3 is 14.6 Å². The summed E-state index contributed by atoms with van der Waals surface area (Å²) in [5, 5.41) is 9.98. The predicted octanol–water partition coefficient (Wildman–Crippen LogP) is 2.27. The van der Waals surface area contributed by atoms with Crippen LogP contribution in [0.3, 0.4) is 0 Å². The van der Waals surface area contributed by atoms with Crippen LogP contribution in [-0.2, 0) is 16.0 Å². The van der Waals surface area contributed by atoms with Gasteiger partial charge in [-0.3, -0.25) is 4.79 Å². The van der Waals surface area contributed by atoms with Crippen molar-refractivity contribution >= 4 is 11.8 Å². The molecule has 5 heteroatoms. The molecule has 0 unspecified atom stereocenters. The molecule has 0 spiro atoms. The van der Waals surface area contributed by atoms with Crippen LogP contribution in [-0.4, -0.2) is 30.6 Å². The number of ketones is 1. The molecule has 1 aromatic carbocycles. The number of allylic oxidation sites excluding steroid dienone is 1. The van der Waals surface area contributed by atoms with Crippen LogP contribution in [0.5, 0.6) is 11.5 Å². The van der Waals surface area contributed by atoms with Gasteiger partial charge in [-0.1, -0.05) is 6.08 Å². The first-order valence-electron chi connectivity index (χ1n) is 6.23. The number of benzene rings is 1. The fraction of sp³-hybridized carbons (Fsp3) is 0.333. The van der Waals surface area contributed by atoms with Gasteiger partial charge in [-0.05, 0) is 32.4 Å². The van der Waals surface area contributed by atoms with Crippen molar-refractivity contribution in [3.8, 4) is 11.5 Å². The van der Waals surface area contributed by atoms with E-state index in [1.54, 1.807) is 19.1 Å². The van der Waals surface area contributed by atoms with E-state index in [4.69, 9.17) is 9.47 Å². The van der Waals surface area contributed by atoms with Gasteiger partial charge in [0.15, 0.2) is 17.3 Å². The SMILES string of the molecule is CCOC(=O)/C=C/Cc1cc(C(C)=O)cc(OC)c1O. The Balaban J connectivity index is 2.96. The number of Topliss-reactive ketones (excluding diaryl/α,β-unsaturated/α-hetero) is 1. The maximum atomic E-state index is 11.4. The van der Waals surface area contributed by atoms with Crippen LogP contribution in [0.25, 0.3) is 0 Å². The van der Waals surface area contributed by atoms with Gasteiger partial charge >= 0.3 is 5.97 Å². The second-order valence-corrected chi connectivity index (χ2v) is 4.10. The zero-order valence-electron chi connectivity index (χ0n) is 11.8. The number of phenols is 1. The average Bonchev–Trinajstić information content (AvgIpc) is 2.40. The number of esters is 1. The van der Waals surface area contributed by atoms with E-state index in [1.165, 1.54) is 26.2 Å². The molecule has 108 valence electrons. The number of hydrogen-bond acceptors (Lipinski definition) is 5. The zero-order valence-corrected chi connectivity index (χ0v) is 11.8. The molecule has 0 radical (unpaired) electrons. The van der Waals surface area contributed by atoms with E-state index >= 15 is 0 Å². The van der Waals surface area contributed by atoms with Gasteiger partial charge in [0.25, 0.3) is 0 Å². The fourth-order valence-corrected chi connectivity index (χ4v) is 1.65. The number of aromatic hydroxyl groups is 1. The van der Waals surface area contributed by atoms with Crippen LogP contribution in [0, 0.1) is 0 Å². The van der Waals surface area contributed by atoms with Gasteiger partial charge in [-0.2, -0.15) is 0 Å². The molecule has 0 saturated carbocycles. The molecule has 1 rings (SSSR count). The summed E-state index contributed by atoms with van der Waals surface area (Å²) >= 11 is 0. The molecule has 20 heavy (non-hydrogen) atoms. The van der Waals surface area contributed by atoms with E-state index in [9.17, 15) is 14.7 Å². The highest BCUT2D eigenvalue weighted by molar-refractivity contribution is 5.95. The highest BCUT2D eigenvalue weighted by Crippen LogP contribution is 2.32. The molecule has 0 aromatic heterocycles. The second-order valence-electron chi connectivity index (χ2n) is 4.10. The molecule has 0 aliphatic carbocycles. The molecular weight excluding hydrogens is 260 g/mol. The van der Waals surface area contributed by atoms with Crippen LogP contribution in [0.1, 0.15) is 29.8 Å². The monoisotopic (exact) mass is 278 g/mol. The summed E-state index contributed by atoms with van der Waals surface area (Å²) in [6.07, 6.45) is 3.15. The normalized spacial score (nSPS) is 10.6. The third-order valence-corrected chi connectivity index (χ3v) is 2.66. The lowest BCUT2D eigenvalue weighted by Crippen LogP contribution is -2.00. The van der Waals surface area contributed by atoms with Crippen molar-refractivity contribution in [1.82, 2.24) is 0 Å². The van der Waals surface area contributed by atoms with Gasteiger partial charge in [0.2, 0.25) is 0 Å². The van der Waals surface area contributed by atoms with Crippen molar-refractivity contribution in [2.24, 2.45) is 0 Å². The number of carbonyl (C=O) groups excluding carboxylic acids is 2. The Bertz CT molecular complexity index is 531. The van der Waals surface area contributed by atoms with Crippen LogP contribution in [0.2, 0.25) is 0 Å². The Labute approximate surface area is 117 Å². The van der Waals surface area contributed by atoms with Gasteiger partial charge in [0.05, 0.1) is 13.7 Å². The minimum atomic E-state index is -0.443. The van der Waals surface area contributed by atoms with Crippen LogP contribution < -0.4 is 4.74 Å². The minimum Gasteiger partial charge on any atom is -0.504 e. The average molecular weight is 278 g/mol. The van der Waals surface area contributed by atoms with E-state index in [2.05, 4.69) is 0 Å². The molecule has 1 N–H and O–H groups in total. The molecule has 0 atom stereocenters. The first-order valence-corrected chi connectivity index (χ1v) is 6.23. The Hall–Kier alpha value is -2.30. The fourth-order valence-electron chi connectivity index (χ4n) is 1.65. The smallest absolute Gasteiger partial charge is 0.330 e. The summed E-state index contributed by atoms with van der Waals surface area (Å²) in [5.41, 5.74) is 0.953. The van der Waals surface area contributed by atoms with E-state index in [1.807, 2.05) is 0 Å². The predicted molar refractivity (Wildman–Crippen MR) is 74.1 cm³/mol. The first kappa shape index (κ1) is 15.8. The highest BCUT2D eigenvalue weighted by Gasteiger charge is 2.12. The van der Waals surface area contributed by atoms with Gasteiger partial charge in [-0.25, -0.2) is 4.79 Å². The summed E-state index contributed by atoms with van der Waals surface area (Å²) in [4.78, 5) is 22.6. The number of hydrogen-bond donors (Lipinski definition) is 1. The minimum absolute atomic E-state index is 0.0361. The van der Waals surface area contributed by atoms with E-state index in [-0.39, 0.29) is 17.3 Å². The molecule has 0 aliphatic rings. The van der Waals surface area contributed by atoms with Gasteiger partial charge in [0.1, 0.15) is 0 Å². The maximum absolute atomic E-state index is 11.4. The molecule has 0 saturated heterocycles. The Morgan fingerprint density at radius 3 is 2.60 bits per heavy atom. The standard InChI is InChI=1S/C15H18O5/c1-4-20-14(17)7-5-6-11-8-12(10(2)16)9-13(19-3)15(11)18/h5,7-9,18H,4,6H2,1-3H3/b7-5+. The Morgan fingerprint density at radius 1 is 1.35 bits per heavy atom. The number of methoxy groups -OCH3 is 1. The van der Waals surface area contributed by atoms with Crippen molar-refractivity contribution in [1.29, 1.82) is 0 Å². The highest BCUT2D eigenvalue weighted by atomic mass is 16.5. The summed E-state index contributed by atoms with van der Waals surface area (Å²) < 4.78 is 9.77. The van der Waals surface area contributed by atoms with Gasteiger partial charge in [-0.15, -0.1) is 0 Å². The van der Waals surface area contributed by atoms with E-state index in [0.29, 0.717) is 24.2 Å². The quantitative estimate of drug-likeness (QED) is 0.491. The molecular formula is C15H18O5. The second kappa shape index (κ2) is 7.33. The Kier molecular flexibility index (Phi) is 5.77. The van der Waals surface area contributed by atoms with E-state index < -0.39 is 5.97 Å². The third kappa shape index (κ3) is 4.12. The van der Waals surface area contributed by atoms with Crippen LogP contribution in [0.4, 0.5) is 0 Å². The number of carbonyl (C=O) groups is 2. The van der Waals surface area contributed by atoms with Crippen LogP contribution >= 0.6 is 0 Å². The van der Waals surface area contributed by atoms with Crippen molar-refractivity contribution in [3.63, 3.8) is 0 Å². The topological polar surface area (TPSA) is 72.8 Å². The van der Waals surface area contributed by atoms with Crippen LogP contribution in [0.15, 0.2) is 24.3 Å². The Morgan fingerprint density at radius 2 is 2.05 bits per heavy atom. The van der Waals surface area contributed by atoms with Crippen molar-refractivity contribution in [2.75, 3.05) is 13.7 Å².